The molecular formula is C21H22N2O2S. The van der Waals surface area contributed by atoms with Crippen molar-refractivity contribution in [3.63, 3.8) is 0 Å². The van der Waals surface area contributed by atoms with Gasteiger partial charge in [0.05, 0.1) is 11.4 Å². The number of hydrogen-bond acceptors (Lipinski definition) is 3. The van der Waals surface area contributed by atoms with Gasteiger partial charge in [-0.15, -0.1) is 0 Å². The Morgan fingerprint density at radius 2 is 1.65 bits per heavy atom. The minimum Gasteiger partial charge on any atom is -0.481 e. The van der Waals surface area contributed by atoms with Gasteiger partial charge in [0.2, 0.25) is 0 Å². The lowest BCUT2D eigenvalue weighted by molar-refractivity contribution is -0.137. The summed E-state index contributed by atoms with van der Waals surface area (Å²) >= 11 is 1.63. The minimum absolute atomic E-state index is 0.191. The number of carboxylic acid groups (broad SMARTS) is 1. The fraction of sp³-hybridized carbons (Fsp3) is 0.238. The Balaban J connectivity index is 2.01. The van der Waals surface area contributed by atoms with E-state index < -0.39 is 5.97 Å². The van der Waals surface area contributed by atoms with Crippen molar-refractivity contribution in [3.8, 4) is 22.5 Å². The van der Waals surface area contributed by atoms with E-state index in [-0.39, 0.29) is 6.42 Å². The van der Waals surface area contributed by atoms with Gasteiger partial charge in [0.15, 0.2) is 5.16 Å². The molecule has 0 radical (unpaired) electrons. The summed E-state index contributed by atoms with van der Waals surface area (Å²) in [6.07, 6.45) is 0.828. The van der Waals surface area contributed by atoms with Crippen molar-refractivity contribution in [1.29, 1.82) is 0 Å². The first kappa shape index (κ1) is 18.3. The van der Waals surface area contributed by atoms with Gasteiger partial charge in [-0.05, 0) is 13.3 Å². The average Bonchev–Trinajstić information content (AvgIpc) is 3.05. The minimum atomic E-state index is -0.751. The molecule has 0 amide bonds. The first-order chi connectivity index (χ1) is 12.7. The highest BCUT2D eigenvalue weighted by molar-refractivity contribution is 7.99. The van der Waals surface area contributed by atoms with Gasteiger partial charge < -0.3 is 9.67 Å². The highest BCUT2D eigenvalue weighted by atomic mass is 32.2. The van der Waals surface area contributed by atoms with Gasteiger partial charge in [0, 0.05) is 29.8 Å². The van der Waals surface area contributed by atoms with Gasteiger partial charge in [0.1, 0.15) is 0 Å². The van der Waals surface area contributed by atoms with E-state index in [1.807, 2.05) is 36.4 Å². The van der Waals surface area contributed by atoms with Crippen molar-refractivity contribution >= 4 is 17.7 Å². The molecule has 26 heavy (non-hydrogen) atoms. The van der Waals surface area contributed by atoms with E-state index in [4.69, 9.17) is 10.1 Å². The molecule has 2 aromatic carbocycles. The van der Waals surface area contributed by atoms with Crippen LogP contribution in [-0.2, 0) is 11.3 Å². The van der Waals surface area contributed by atoms with Crippen LogP contribution in [0.4, 0.5) is 0 Å². The number of thioether (sulfide) groups is 1. The van der Waals surface area contributed by atoms with Gasteiger partial charge in [-0.3, -0.25) is 4.79 Å². The number of benzene rings is 2. The second-order valence-electron chi connectivity index (χ2n) is 5.91. The van der Waals surface area contributed by atoms with Crippen molar-refractivity contribution < 1.29 is 9.90 Å². The van der Waals surface area contributed by atoms with Crippen LogP contribution in [0.5, 0.6) is 0 Å². The Morgan fingerprint density at radius 3 is 2.23 bits per heavy atom. The van der Waals surface area contributed by atoms with Crippen LogP contribution in [0, 0.1) is 0 Å². The number of rotatable bonds is 8. The Kier molecular flexibility index (Phi) is 6.12. The Hall–Kier alpha value is -2.53. The summed E-state index contributed by atoms with van der Waals surface area (Å²) in [5, 5.41) is 9.77. The first-order valence-electron chi connectivity index (χ1n) is 8.76. The van der Waals surface area contributed by atoms with Gasteiger partial charge in [0.25, 0.3) is 0 Å². The lowest BCUT2D eigenvalue weighted by Crippen LogP contribution is -2.00. The Labute approximate surface area is 157 Å². The molecule has 1 heterocycles. The van der Waals surface area contributed by atoms with E-state index in [0.717, 1.165) is 40.0 Å². The number of aliphatic carboxylic acids is 1. The molecule has 0 saturated heterocycles. The van der Waals surface area contributed by atoms with Crippen LogP contribution in [0.15, 0.2) is 65.8 Å². The lowest BCUT2D eigenvalue weighted by Gasteiger charge is -2.10. The molecule has 0 atom stereocenters. The first-order valence-corrected chi connectivity index (χ1v) is 9.75. The standard InChI is InChI=1S/C21H22N2O2S/c1-2-23-20(17-12-7-4-8-13-17)19(16-10-5-3-6-11-16)22-21(23)26-15-9-14-18(24)25/h3-8,10-13H,2,9,14-15H2,1H3,(H,24,25). The molecule has 0 fully saturated rings. The van der Waals surface area contributed by atoms with Crippen LogP contribution in [0.3, 0.4) is 0 Å². The smallest absolute Gasteiger partial charge is 0.303 e. The molecule has 0 aliphatic heterocycles. The topological polar surface area (TPSA) is 55.1 Å². The summed E-state index contributed by atoms with van der Waals surface area (Å²) in [5.41, 5.74) is 4.31. The van der Waals surface area contributed by atoms with Gasteiger partial charge in [-0.2, -0.15) is 0 Å². The lowest BCUT2D eigenvalue weighted by atomic mass is 10.0. The normalized spacial score (nSPS) is 10.8. The van der Waals surface area contributed by atoms with Crippen LogP contribution in [0.25, 0.3) is 22.5 Å². The molecule has 4 nitrogen and oxygen atoms in total. The van der Waals surface area contributed by atoms with E-state index in [1.54, 1.807) is 11.8 Å². The number of carbonyl (C=O) groups is 1. The number of imidazole rings is 1. The predicted octanol–water partition coefficient (Wildman–Crippen LogP) is 5.19. The highest BCUT2D eigenvalue weighted by Crippen LogP contribution is 2.36. The van der Waals surface area contributed by atoms with Crippen molar-refractivity contribution in [3.05, 3.63) is 60.7 Å². The van der Waals surface area contributed by atoms with Crippen LogP contribution < -0.4 is 0 Å². The van der Waals surface area contributed by atoms with E-state index >= 15 is 0 Å². The molecular weight excluding hydrogens is 344 g/mol. The molecule has 0 bridgehead atoms. The molecule has 134 valence electrons. The van der Waals surface area contributed by atoms with E-state index in [2.05, 4.69) is 35.8 Å². The molecule has 3 rings (SSSR count). The van der Waals surface area contributed by atoms with Gasteiger partial charge in [-0.25, -0.2) is 4.98 Å². The fourth-order valence-corrected chi connectivity index (χ4v) is 3.91. The zero-order chi connectivity index (χ0) is 18.4. The molecule has 3 aromatic rings. The van der Waals surface area contributed by atoms with E-state index in [1.165, 1.54) is 0 Å². The molecule has 0 unspecified atom stereocenters. The summed E-state index contributed by atoms with van der Waals surface area (Å²) in [5.74, 6) is -0.00873. The third-order valence-electron chi connectivity index (χ3n) is 4.11. The Bertz CT molecular complexity index is 860. The zero-order valence-corrected chi connectivity index (χ0v) is 15.6. The van der Waals surface area contributed by atoms with E-state index in [0.29, 0.717) is 6.42 Å². The highest BCUT2D eigenvalue weighted by Gasteiger charge is 2.19. The van der Waals surface area contributed by atoms with Crippen LogP contribution >= 0.6 is 11.8 Å². The number of nitrogens with zero attached hydrogens (tertiary/aromatic N) is 2. The number of hydrogen-bond donors (Lipinski definition) is 1. The zero-order valence-electron chi connectivity index (χ0n) is 14.8. The quantitative estimate of drug-likeness (QED) is 0.440. The summed E-state index contributed by atoms with van der Waals surface area (Å²) in [7, 11) is 0. The average molecular weight is 366 g/mol. The van der Waals surface area contributed by atoms with Crippen molar-refractivity contribution in [2.24, 2.45) is 0 Å². The number of aromatic nitrogens is 2. The summed E-state index contributed by atoms with van der Waals surface area (Å²) in [4.78, 5) is 15.7. The fourth-order valence-electron chi connectivity index (χ4n) is 2.91. The van der Waals surface area contributed by atoms with Gasteiger partial charge >= 0.3 is 5.97 Å². The number of carboxylic acids is 1. The summed E-state index contributed by atoms with van der Waals surface area (Å²) < 4.78 is 2.23. The maximum atomic E-state index is 10.7. The summed E-state index contributed by atoms with van der Waals surface area (Å²) in [6.45, 7) is 2.93. The van der Waals surface area contributed by atoms with Crippen molar-refractivity contribution in [2.75, 3.05) is 5.75 Å². The van der Waals surface area contributed by atoms with Crippen LogP contribution in [0.2, 0.25) is 0 Å². The molecule has 1 aromatic heterocycles. The third kappa shape index (κ3) is 4.17. The second kappa shape index (κ2) is 8.72. The SMILES string of the molecule is CCn1c(SCCCC(=O)O)nc(-c2ccccc2)c1-c1ccccc1. The van der Waals surface area contributed by atoms with Crippen LogP contribution in [0.1, 0.15) is 19.8 Å². The second-order valence-corrected chi connectivity index (χ2v) is 6.98. The molecule has 1 N–H and O–H groups in total. The largest absolute Gasteiger partial charge is 0.481 e. The van der Waals surface area contributed by atoms with E-state index in [9.17, 15) is 4.79 Å². The van der Waals surface area contributed by atoms with Gasteiger partial charge in [-0.1, -0.05) is 72.4 Å². The Morgan fingerprint density at radius 1 is 1.04 bits per heavy atom. The molecule has 5 heteroatoms. The monoisotopic (exact) mass is 366 g/mol. The molecule has 0 spiro atoms. The maximum Gasteiger partial charge on any atom is 0.303 e. The maximum absolute atomic E-state index is 10.7. The summed E-state index contributed by atoms with van der Waals surface area (Å²) in [6, 6.07) is 20.5. The molecule has 0 aliphatic carbocycles. The predicted molar refractivity (Wildman–Crippen MR) is 106 cm³/mol. The molecule has 0 saturated carbocycles. The van der Waals surface area contributed by atoms with Crippen molar-refractivity contribution in [1.82, 2.24) is 9.55 Å². The van der Waals surface area contributed by atoms with Crippen molar-refractivity contribution in [2.45, 2.75) is 31.5 Å². The third-order valence-corrected chi connectivity index (χ3v) is 5.17. The molecule has 0 aliphatic rings. The van der Waals surface area contributed by atoms with Crippen LogP contribution in [-0.4, -0.2) is 26.4 Å².